The maximum Gasteiger partial charge on any atom is 0.287 e. The molecule has 0 radical (unpaired) electrons. The molecule has 3 aromatic rings. The van der Waals surface area contributed by atoms with Gasteiger partial charge in [-0.15, -0.1) is 0 Å². The van der Waals surface area contributed by atoms with E-state index in [0.29, 0.717) is 17.5 Å². The van der Waals surface area contributed by atoms with Crippen LogP contribution in [0.25, 0.3) is 11.0 Å². The number of nitrogens with one attached hydrogen (secondary N) is 1. The molecule has 0 aliphatic heterocycles. The Kier molecular flexibility index (Phi) is 5.91. The van der Waals surface area contributed by atoms with Crippen molar-refractivity contribution < 1.29 is 13.6 Å². The number of rotatable bonds is 7. The number of hydrogen-bond donors (Lipinski definition) is 1. The smallest absolute Gasteiger partial charge is 0.287 e. The van der Waals surface area contributed by atoms with E-state index in [1.807, 2.05) is 12.1 Å². The fraction of sp³-hybridized carbons (Fsp3) is 0.318. The van der Waals surface area contributed by atoms with Crippen molar-refractivity contribution in [2.75, 3.05) is 13.1 Å². The van der Waals surface area contributed by atoms with Crippen LogP contribution >= 0.6 is 0 Å². The predicted octanol–water partition coefficient (Wildman–Crippen LogP) is 4.65. The van der Waals surface area contributed by atoms with Crippen LogP contribution in [0.1, 0.15) is 41.1 Å². The minimum atomic E-state index is -0.460. The lowest BCUT2D eigenvalue weighted by atomic mass is 10.1. The topological polar surface area (TPSA) is 45.5 Å². The van der Waals surface area contributed by atoms with Crippen molar-refractivity contribution >= 4 is 16.9 Å². The third kappa shape index (κ3) is 4.19. The van der Waals surface area contributed by atoms with Crippen molar-refractivity contribution in [1.82, 2.24) is 10.2 Å². The Bertz CT molecular complexity index is 927. The average Bonchev–Trinajstić information content (AvgIpc) is 3.03. The molecule has 2 aromatic carbocycles. The number of fused-ring (bicyclic) bond motifs is 1. The minimum absolute atomic E-state index is 0.126. The standard InChI is InChI=1S/C22H25FN2O2/c1-4-25(5-2)14-17-11-9-16(10-12-17)13-24-22(26)20-15(3)18-7-6-8-19(23)21(18)27-20/h6-12H,4-5,13-14H2,1-3H3,(H,24,26). The van der Waals surface area contributed by atoms with Crippen LogP contribution in [0.4, 0.5) is 4.39 Å². The molecule has 3 rings (SSSR count). The molecule has 1 N–H and O–H groups in total. The summed E-state index contributed by atoms with van der Waals surface area (Å²) in [5, 5.41) is 3.48. The number of aryl methyl sites for hydroxylation is 1. The van der Waals surface area contributed by atoms with Gasteiger partial charge in [-0.05, 0) is 37.2 Å². The number of furan rings is 1. The van der Waals surface area contributed by atoms with Crippen molar-refractivity contribution in [2.45, 2.75) is 33.9 Å². The van der Waals surface area contributed by atoms with Crippen molar-refractivity contribution in [3.8, 4) is 0 Å². The molecule has 0 aliphatic rings. The minimum Gasteiger partial charge on any atom is -0.448 e. The van der Waals surface area contributed by atoms with Gasteiger partial charge < -0.3 is 9.73 Å². The zero-order chi connectivity index (χ0) is 19.4. The van der Waals surface area contributed by atoms with Gasteiger partial charge in [0.2, 0.25) is 0 Å². The van der Waals surface area contributed by atoms with Crippen LogP contribution in [-0.2, 0) is 13.1 Å². The highest BCUT2D eigenvalue weighted by molar-refractivity contribution is 5.98. The molecule has 27 heavy (non-hydrogen) atoms. The molecule has 142 valence electrons. The molecule has 0 atom stereocenters. The van der Waals surface area contributed by atoms with E-state index in [-0.39, 0.29) is 17.3 Å². The van der Waals surface area contributed by atoms with Crippen LogP contribution in [0.2, 0.25) is 0 Å². The first-order chi connectivity index (χ1) is 13.0. The number of carbonyl (C=O) groups excluding carboxylic acids is 1. The number of halogens is 1. The molecule has 0 bridgehead atoms. The first-order valence-electron chi connectivity index (χ1n) is 9.29. The normalized spacial score (nSPS) is 11.3. The number of carbonyl (C=O) groups is 1. The molecule has 0 saturated heterocycles. The quantitative estimate of drug-likeness (QED) is 0.660. The van der Waals surface area contributed by atoms with Gasteiger partial charge in [-0.25, -0.2) is 4.39 Å². The summed E-state index contributed by atoms with van der Waals surface area (Å²) in [6.45, 7) is 9.42. The van der Waals surface area contributed by atoms with Gasteiger partial charge in [0, 0.05) is 24.0 Å². The van der Waals surface area contributed by atoms with E-state index in [0.717, 1.165) is 25.2 Å². The summed E-state index contributed by atoms with van der Waals surface area (Å²) < 4.78 is 19.3. The van der Waals surface area contributed by atoms with Gasteiger partial charge >= 0.3 is 0 Å². The highest BCUT2D eigenvalue weighted by Crippen LogP contribution is 2.27. The van der Waals surface area contributed by atoms with Gasteiger partial charge in [-0.2, -0.15) is 0 Å². The Labute approximate surface area is 159 Å². The Morgan fingerprint density at radius 2 is 1.74 bits per heavy atom. The molecule has 1 heterocycles. The molecular weight excluding hydrogens is 343 g/mol. The zero-order valence-electron chi connectivity index (χ0n) is 16.0. The molecule has 0 fully saturated rings. The van der Waals surface area contributed by atoms with Crippen molar-refractivity contribution in [2.24, 2.45) is 0 Å². The number of benzene rings is 2. The summed E-state index contributed by atoms with van der Waals surface area (Å²) in [6, 6.07) is 12.9. The predicted molar refractivity (Wildman–Crippen MR) is 105 cm³/mol. The first kappa shape index (κ1) is 19.1. The monoisotopic (exact) mass is 368 g/mol. The second kappa shape index (κ2) is 8.35. The van der Waals surface area contributed by atoms with E-state index < -0.39 is 5.82 Å². The van der Waals surface area contributed by atoms with Crippen LogP contribution in [0.5, 0.6) is 0 Å². The summed E-state index contributed by atoms with van der Waals surface area (Å²) in [5.41, 5.74) is 3.03. The Hall–Kier alpha value is -2.66. The van der Waals surface area contributed by atoms with E-state index in [4.69, 9.17) is 4.42 Å². The van der Waals surface area contributed by atoms with E-state index in [9.17, 15) is 9.18 Å². The Balaban J connectivity index is 1.66. The lowest BCUT2D eigenvalue weighted by Gasteiger charge is -2.18. The summed E-state index contributed by atoms with van der Waals surface area (Å²) in [5.74, 6) is -0.637. The lowest BCUT2D eigenvalue weighted by molar-refractivity contribution is 0.0924. The van der Waals surface area contributed by atoms with Crippen molar-refractivity contribution in [1.29, 1.82) is 0 Å². The number of hydrogen-bond acceptors (Lipinski definition) is 3. The first-order valence-corrected chi connectivity index (χ1v) is 9.29. The molecule has 1 amide bonds. The molecule has 0 aliphatic carbocycles. The highest BCUT2D eigenvalue weighted by Gasteiger charge is 2.19. The molecule has 0 spiro atoms. The second-order valence-electron chi connectivity index (χ2n) is 6.63. The third-order valence-corrected chi connectivity index (χ3v) is 4.90. The molecule has 5 heteroatoms. The summed E-state index contributed by atoms with van der Waals surface area (Å²) in [6.07, 6.45) is 0. The maximum atomic E-state index is 13.8. The Morgan fingerprint density at radius 1 is 1.07 bits per heavy atom. The molecule has 0 unspecified atom stereocenters. The molecule has 0 saturated carbocycles. The SMILES string of the molecule is CCN(CC)Cc1ccc(CNC(=O)c2oc3c(F)cccc3c2C)cc1. The molecule has 1 aromatic heterocycles. The van der Waals surface area contributed by atoms with Crippen molar-refractivity contribution in [3.63, 3.8) is 0 Å². The van der Waals surface area contributed by atoms with E-state index >= 15 is 0 Å². The third-order valence-electron chi connectivity index (χ3n) is 4.90. The highest BCUT2D eigenvalue weighted by atomic mass is 19.1. The van der Waals surface area contributed by atoms with Gasteiger partial charge in [0.05, 0.1) is 0 Å². The lowest BCUT2D eigenvalue weighted by Crippen LogP contribution is -2.23. The summed E-state index contributed by atoms with van der Waals surface area (Å²) in [4.78, 5) is 14.8. The maximum absolute atomic E-state index is 13.8. The summed E-state index contributed by atoms with van der Waals surface area (Å²) >= 11 is 0. The van der Waals surface area contributed by atoms with Gasteiger partial charge in [0.25, 0.3) is 5.91 Å². The van der Waals surface area contributed by atoms with Crippen LogP contribution in [-0.4, -0.2) is 23.9 Å². The molecular formula is C22H25FN2O2. The van der Waals surface area contributed by atoms with Crippen LogP contribution in [0.3, 0.4) is 0 Å². The van der Waals surface area contributed by atoms with E-state index in [2.05, 4.69) is 36.2 Å². The van der Waals surface area contributed by atoms with Gasteiger partial charge in [0.15, 0.2) is 17.2 Å². The zero-order valence-corrected chi connectivity index (χ0v) is 16.0. The fourth-order valence-corrected chi connectivity index (χ4v) is 3.16. The van der Waals surface area contributed by atoms with Gasteiger partial charge in [0.1, 0.15) is 0 Å². The van der Waals surface area contributed by atoms with E-state index in [1.165, 1.54) is 11.6 Å². The largest absolute Gasteiger partial charge is 0.448 e. The van der Waals surface area contributed by atoms with Crippen LogP contribution in [0.15, 0.2) is 46.9 Å². The van der Waals surface area contributed by atoms with Crippen LogP contribution in [0, 0.1) is 12.7 Å². The Morgan fingerprint density at radius 3 is 2.37 bits per heavy atom. The number of amides is 1. The van der Waals surface area contributed by atoms with Crippen LogP contribution < -0.4 is 5.32 Å². The molecule has 4 nitrogen and oxygen atoms in total. The van der Waals surface area contributed by atoms with Crippen molar-refractivity contribution in [3.05, 3.63) is 70.7 Å². The number of para-hydroxylation sites is 1. The number of nitrogens with zero attached hydrogens (tertiary/aromatic N) is 1. The fourth-order valence-electron chi connectivity index (χ4n) is 3.16. The second-order valence-corrected chi connectivity index (χ2v) is 6.63. The van der Waals surface area contributed by atoms with Gasteiger partial charge in [-0.3, -0.25) is 9.69 Å². The average molecular weight is 368 g/mol. The summed E-state index contributed by atoms with van der Waals surface area (Å²) in [7, 11) is 0. The van der Waals surface area contributed by atoms with E-state index in [1.54, 1.807) is 19.1 Å². The van der Waals surface area contributed by atoms with Gasteiger partial charge in [-0.1, -0.05) is 50.2 Å².